The van der Waals surface area contributed by atoms with Gasteiger partial charge in [-0.15, -0.1) is 10.2 Å². The Labute approximate surface area is 106 Å². The predicted molar refractivity (Wildman–Crippen MR) is 67.0 cm³/mol. The number of nitrogens with zero attached hydrogens (tertiary/aromatic N) is 2. The summed E-state index contributed by atoms with van der Waals surface area (Å²) >= 11 is 0. The van der Waals surface area contributed by atoms with Crippen molar-refractivity contribution in [2.45, 2.75) is 19.6 Å². The van der Waals surface area contributed by atoms with Crippen LogP contribution < -0.4 is 5.32 Å². The monoisotopic (exact) mass is 247 g/mol. The first-order valence-corrected chi connectivity index (χ1v) is 5.94. The Bertz CT molecular complexity index is 470. The molecule has 0 saturated heterocycles. The average molecular weight is 247 g/mol. The Morgan fingerprint density at radius 1 is 1.28 bits per heavy atom. The maximum absolute atomic E-state index is 5.58. The van der Waals surface area contributed by atoms with Gasteiger partial charge in [0.25, 0.3) is 0 Å². The third-order valence-corrected chi connectivity index (χ3v) is 2.54. The molecule has 1 unspecified atom stereocenters. The normalized spacial score (nSPS) is 12.6. The van der Waals surface area contributed by atoms with E-state index in [0.717, 1.165) is 12.1 Å². The quantitative estimate of drug-likeness (QED) is 0.845. The summed E-state index contributed by atoms with van der Waals surface area (Å²) in [6, 6.07) is 9.96. The lowest BCUT2D eigenvalue weighted by molar-refractivity contribution is 0.157. The van der Waals surface area contributed by atoms with E-state index in [0.29, 0.717) is 18.4 Å². The summed E-state index contributed by atoms with van der Waals surface area (Å²) < 4.78 is 10.6. The number of hydrogen-bond acceptors (Lipinski definition) is 5. The lowest BCUT2D eigenvalue weighted by Crippen LogP contribution is -2.22. The van der Waals surface area contributed by atoms with Gasteiger partial charge in [-0.05, 0) is 12.1 Å². The van der Waals surface area contributed by atoms with Crippen molar-refractivity contribution in [3.63, 3.8) is 0 Å². The Morgan fingerprint density at radius 3 is 2.72 bits per heavy atom. The van der Waals surface area contributed by atoms with Crippen molar-refractivity contribution in [1.82, 2.24) is 15.5 Å². The first-order valence-electron chi connectivity index (χ1n) is 5.94. The van der Waals surface area contributed by atoms with Crippen molar-refractivity contribution in [3.8, 4) is 0 Å². The molecule has 1 aromatic carbocycles. The Kier molecular flexibility index (Phi) is 4.44. The van der Waals surface area contributed by atoms with Crippen molar-refractivity contribution in [1.29, 1.82) is 0 Å². The van der Waals surface area contributed by atoms with E-state index in [4.69, 9.17) is 9.15 Å². The lowest BCUT2D eigenvalue weighted by Gasteiger charge is -2.13. The largest absolute Gasteiger partial charge is 0.421 e. The molecule has 0 aliphatic rings. The van der Waals surface area contributed by atoms with Crippen molar-refractivity contribution in [3.05, 3.63) is 47.7 Å². The van der Waals surface area contributed by atoms with Gasteiger partial charge < -0.3 is 14.5 Å². The summed E-state index contributed by atoms with van der Waals surface area (Å²) in [4.78, 5) is 0. The molecular weight excluding hydrogens is 230 g/mol. The zero-order chi connectivity index (χ0) is 12.8. The molecule has 5 heteroatoms. The molecule has 1 atom stereocenters. The third kappa shape index (κ3) is 2.94. The van der Waals surface area contributed by atoms with Gasteiger partial charge in [0, 0.05) is 7.11 Å². The minimum atomic E-state index is -0.0747. The summed E-state index contributed by atoms with van der Waals surface area (Å²) in [6.07, 6.45) is 0. The Morgan fingerprint density at radius 2 is 2.06 bits per heavy atom. The molecule has 0 bridgehead atoms. The van der Waals surface area contributed by atoms with Gasteiger partial charge in [0.05, 0.1) is 0 Å². The van der Waals surface area contributed by atoms with E-state index >= 15 is 0 Å². The SMILES string of the molecule is CCNC(c1ccccc1)c1nnc(COC)o1. The number of hydrogen-bond donors (Lipinski definition) is 1. The fourth-order valence-corrected chi connectivity index (χ4v) is 1.76. The fourth-order valence-electron chi connectivity index (χ4n) is 1.76. The zero-order valence-electron chi connectivity index (χ0n) is 10.6. The number of methoxy groups -OCH3 is 1. The van der Waals surface area contributed by atoms with Crippen molar-refractivity contribution in [2.75, 3.05) is 13.7 Å². The van der Waals surface area contributed by atoms with Crippen LogP contribution in [0.4, 0.5) is 0 Å². The van der Waals surface area contributed by atoms with Crippen LogP contribution in [0.2, 0.25) is 0 Å². The highest BCUT2D eigenvalue weighted by atomic mass is 16.5. The first kappa shape index (κ1) is 12.7. The Hall–Kier alpha value is -1.72. The highest BCUT2D eigenvalue weighted by Gasteiger charge is 2.19. The van der Waals surface area contributed by atoms with Gasteiger partial charge in [0.15, 0.2) is 0 Å². The second-order valence-corrected chi connectivity index (χ2v) is 3.87. The van der Waals surface area contributed by atoms with E-state index in [9.17, 15) is 0 Å². The number of benzene rings is 1. The smallest absolute Gasteiger partial charge is 0.242 e. The van der Waals surface area contributed by atoms with Crippen LogP contribution in [0.1, 0.15) is 30.3 Å². The topological polar surface area (TPSA) is 60.2 Å². The van der Waals surface area contributed by atoms with Gasteiger partial charge in [-0.1, -0.05) is 37.3 Å². The lowest BCUT2D eigenvalue weighted by atomic mass is 10.1. The van der Waals surface area contributed by atoms with E-state index < -0.39 is 0 Å². The second-order valence-electron chi connectivity index (χ2n) is 3.87. The summed E-state index contributed by atoms with van der Waals surface area (Å²) in [6.45, 7) is 3.20. The molecule has 96 valence electrons. The first-order chi connectivity index (χ1) is 8.85. The van der Waals surface area contributed by atoms with Crippen molar-refractivity contribution < 1.29 is 9.15 Å². The van der Waals surface area contributed by atoms with Gasteiger partial charge in [0.2, 0.25) is 11.8 Å². The molecule has 1 N–H and O–H groups in total. The minimum Gasteiger partial charge on any atom is -0.421 e. The summed E-state index contributed by atoms with van der Waals surface area (Å²) in [5.41, 5.74) is 1.10. The van der Waals surface area contributed by atoms with E-state index in [-0.39, 0.29) is 6.04 Å². The fraction of sp³-hybridized carbons (Fsp3) is 0.385. The van der Waals surface area contributed by atoms with Crippen molar-refractivity contribution >= 4 is 0 Å². The Balaban J connectivity index is 2.23. The molecule has 0 spiro atoms. The second kappa shape index (κ2) is 6.28. The molecule has 18 heavy (non-hydrogen) atoms. The molecule has 1 aromatic heterocycles. The van der Waals surface area contributed by atoms with Crippen LogP contribution >= 0.6 is 0 Å². The van der Waals surface area contributed by atoms with Crippen LogP contribution in [-0.2, 0) is 11.3 Å². The molecule has 2 aromatic rings. The van der Waals surface area contributed by atoms with E-state index in [1.807, 2.05) is 37.3 Å². The molecule has 2 rings (SSSR count). The van der Waals surface area contributed by atoms with Crippen LogP contribution in [-0.4, -0.2) is 23.9 Å². The van der Waals surface area contributed by atoms with Crippen LogP contribution in [0.25, 0.3) is 0 Å². The summed E-state index contributed by atoms with van der Waals surface area (Å²) in [5.74, 6) is 1.06. The van der Waals surface area contributed by atoms with E-state index in [1.165, 1.54) is 0 Å². The predicted octanol–water partition coefficient (Wildman–Crippen LogP) is 1.91. The molecule has 0 aliphatic carbocycles. The number of rotatable bonds is 6. The van der Waals surface area contributed by atoms with E-state index in [2.05, 4.69) is 15.5 Å². The number of aromatic nitrogens is 2. The minimum absolute atomic E-state index is 0.0747. The van der Waals surface area contributed by atoms with Crippen LogP contribution in [0, 0.1) is 0 Å². The zero-order valence-corrected chi connectivity index (χ0v) is 10.6. The van der Waals surface area contributed by atoms with Gasteiger partial charge in [-0.2, -0.15) is 0 Å². The molecule has 0 fully saturated rings. The van der Waals surface area contributed by atoms with Gasteiger partial charge in [-0.3, -0.25) is 0 Å². The van der Waals surface area contributed by atoms with E-state index in [1.54, 1.807) is 7.11 Å². The maximum atomic E-state index is 5.58. The summed E-state index contributed by atoms with van der Waals surface area (Å²) in [7, 11) is 1.60. The van der Waals surface area contributed by atoms with Crippen LogP contribution in [0.15, 0.2) is 34.7 Å². The number of nitrogens with one attached hydrogen (secondary N) is 1. The molecule has 0 radical (unpaired) electrons. The number of ether oxygens (including phenoxy) is 1. The van der Waals surface area contributed by atoms with Gasteiger partial charge >= 0.3 is 0 Å². The van der Waals surface area contributed by atoms with Gasteiger partial charge in [-0.25, -0.2) is 0 Å². The summed E-state index contributed by atoms with van der Waals surface area (Å²) in [5, 5.41) is 11.4. The van der Waals surface area contributed by atoms with Crippen LogP contribution in [0.5, 0.6) is 0 Å². The molecule has 5 nitrogen and oxygen atoms in total. The molecule has 0 saturated carbocycles. The highest BCUT2D eigenvalue weighted by molar-refractivity contribution is 5.23. The molecule has 1 heterocycles. The standard InChI is InChI=1S/C13H17N3O2/c1-3-14-12(10-7-5-4-6-8-10)13-16-15-11(18-13)9-17-2/h4-8,12,14H,3,9H2,1-2H3. The average Bonchev–Trinajstić information content (AvgIpc) is 2.86. The van der Waals surface area contributed by atoms with Crippen molar-refractivity contribution in [2.24, 2.45) is 0 Å². The third-order valence-electron chi connectivity index (χ3n) is 2.54. The maximum Gasteiger partial charge on any atom is 0.242 e. The van der Waals surface area contributed by atoms with Gasteiger partial charge in [0.1, 0.15) is 12.6 Å². The molecule has 0 aliphatic heterocycles. The molecule has 0 amide bonds. The van der Waals surface area contributed by atoms with Crippen LogP contribution in [0.3, 0.4) is 0 Å². The molecular formula is C13H17N3O2. The highest BCUT2D eigenvalue weighted by Crippen LogP contribution is 2.20.